The van der Waals surface area contributed by atoms with E-state index in [1.165, 1.54) is 103 Å². The molecule has 1 atom stereocenters. The molecule has 0 rings (SSSR count). The molecule has 0 bridgehead atoms. The Morgan fingerprint density at radius 3 is 1.42 bits per heavy atom. The van der Waals surface area contributed by atoms with Crippen molar-refractivity contribution in [3.05, 3.63) is 0 Å². The van der Waals surface area contributed by atoms with Crippen molar-refractivity contribution < 1.29 is 19.4 Å². The number of rotatable bonds is 27. The van der Waals surface area contributed by atoms with Crippen molar-refractivity contribution >= 4 is 5.97 Å². The highest BCUT2D eigenvalue weighted by Crippen LogP contribution is 2.14. The van der Waals surface area contributed by atoms with Crippen molar-refractivity contribution in [2.75, 3.05) is 19.8 Å². The minimum Gasteiger partial charge on any atom is -0.457 e. The molecule has 0 spiro atoms. The summed E-state index contributed by atoms with van der Waals surface area (Å²) in [6.07, 6.45) is 27.4. The standard InChI is InChI=1S/C29H58O4/c1-3-5-7-9-10-11-12-13-14-15-16-17-18-19-20-21-23-25-32-27-28(26-30)33-29(31)24-22-8-6-4-2/h28,30H,3-27H2,1-2H3. The van der Waals surface area contributed by atoms with E-state index < -0.39 is 6.10 Å². The van der Waals surface area contributed by atoms with Crippen LogP contribution >= 0.6 is 0 Å². The number of aliphatic hydroxyl groups excluding tert-OH is 1. The van der Waals surface area contributed by atoms with Gasteiger partial charge >= 0.3 is 5.97 Å². The van der Waals surface area contributed by atoms with Gasteiger partial charge in [0.1, 0.15) is 6.10 Å². The van der Waals surface area contributed by atoms with Crippen LogP contribution in [0.5, 0.6) is 0 Å². The molecule has 0 fully saturated rings. The number of hydrogen-bond acceptors (Lipinski definition) is 4. The summed E-state index contributed by atoms with van der Waals surface area (Å²) in [7, 11) is 0. The molecule has 4 nitrogen and oxygen atoms in total. The van der Waals surface area contributed by atoms with E-state index in [4.69, 9.17) is 9.47 Å². The van der Waals surface area contributed by atoms with Crippen LogP contribution in [0.1, 0.15) is 155 Å². The zero-order chi connectivity index (χ0) is 24.2. The number of esters is 1. The van der Waals surface area contributed by atoms with Crippen LogP contribution < -0.4 is 0 Å². The quantitative estimate of drug-likeness (QED) is 0.0965. The second-order valence-electron chi connectivity index (χ2n) is 9.84. The van der Waals surface area contributed by atoms with Gasteiger partial charge in [0, 0.05) is 13.0 Å². The summed E-state index contributed by atoms with van der Waals surface area (Å²) in [6, 6.07) is 0. The van der Waals surface area contributed by atoms with Crippen LogP contribution in [-0.4, -0.2) is 37.0 Å². The van der Waals surface area contributed by atoms with Crippen LogP contribution in [0.4, 0.5) is 0 Å². The number of aliphatic hydroxyl groups is 1. The van der Waals surface area contributed by atoms with Crippen molar-refractivity contribution in [1.29, 1.82) is 0 Å². The predicted molar refractivity (Wildman–Crippen MR) is 141 cm³/mol. The molecule has 4 heteroatoms. The minimum absolute atomic E-state index is 0.167. The predicted octanol–water partition coefficient (Wildman–Crippen LogP) is 8.53. The summed E-state index contributed by atoms with van der Waals surface area (Å²) in [4.78, 5) is 11.8. The highest BCUT2D eigenvalue weighted by molar-refractivity contribution is 5.69. The van der Waals surface area contributed by atoms with E-state index in [2.05, 4.69) is 13.8 Å². The molecule has 33 heavy (non-hydrogen) atoms. The third-order valence-electron chi connectivity index (χ3n) is 6.43. The Hall–Kier alpha value is -0.610. The Bertz CT molecular complexity index is 386. The van der Waals surface area contributed by atoms with Gasteiger partial charge in [-0.15, -0.1) is 0 Å². The van der Waals surface area contributed by atoms with Crippen LogP contribution in [0.2, 0.25) is 0 Å². The summed E-state index contributed by atoms with van der Waals surface area (Å²) in [5.74, 6) is -0.216. The van der Waals surface area contributed by atoms with Gasteiger partial charge in [0.05, 0.1) is 13.2 Å². The molecule has 1 unspecified atom stereocenters. The molecule has 0 saturated heterocycles. The van der Waals surface area contributed by atoms with Crippen LogP contribution in [0.15, 0.2) is 0 Å². The van der Waals surface area contributed by atoms with Crippen LogP contribution in [0.3, 0.4) is 0 Å². The maximum Gasteiger partial charge on any atom is 0.306 e. The summed E-state index contributed by atoms with van der Waals surface area (Å²) in [5.41, 5.74) is 0. The Morgan fingerprint density at radius 1 is 0.606 bits per heavy atom. The fourth-order valence-corrected chi connectivity index (χ4v) is 4.21. The number of unbranched alkanes of at least 4 members (excludes halogenated alkanes) is 19. The van der Waals surface area contributed by atoms with Gasteiger partial charge in [-0.1, -0.05) is 136 Å². The largest absolute Gasteiger partial charge is 0.457 e. The van der Waals surface area contributed by atoms with Crippen molar-refractivity contribution in [3.63, 3.8) is 0 Å². The molecule has 0 aromatic rings. The number of carbonyl (C=O) groups is 1. The van der Waals surface area contributed by atoms with Crippen molar-refractivity contribution in [2.24, 2.45) is 0 Å². The highest BCUT2D eigenvalue weighted by Gasteiger charge is 2.13. The molecule has 0 saturated carbocycles. The monoisotopic (exact) mass is 470 g/mol. The van der Waals surface area contributed by atoms with E-state index in [1.54, 1.807) is 0 Å². The molecule has 0 aliphatic rings. The summed E-state index contributed by atoms with van der Waals surface area (Å²) < 4.78 is 10.9. The van der Waals surface area contributed by atoms with Gasteiger partial charge in [0.15, 0.2) is 0 Å². The molecular weight excluding hydrogens is 412 g/mol. The number of carbonyl (C=O) groups excluding carboxylic acids is 1. The maximum absolute atomic E-state index is 11.8. The van der Waals surface area contributed by atoms with Crippen molar-refractivity contribution in [2.45, 2.75) is 161 Å². The van der Waals surface area contributed by atoms with Crippen molar-refractivity contribution in [3.8, 4) is 0 Å². The average Bonchev–Trinajstić information content (AvgIpc) is 2.82. The molecule has 0 heterocycles. The first kappa shape index (κ1) is 32.4. The first-order valence-corrected chi connectivity index (χ1v) is 14.6. The topological polar surface area (TPSA) is 55.8 Å². The van der Waals surface area contributed by atoms with Crippen molar-refractivity contribution in [1.82, 2.24) is 0 Å². The lowest BCUT2D eigenvalue weighted by Gasteiger charge is -2.15. The van der Waals surface area contributed by atoms with E-state index in [9.17, 15) is 9.90 Å². The smallest absolute Gasteiger partial charge is 0.306 e. The lowest BCUT2D eigenvalue weighted by molar-refractivity contribution is -0.154. The molecule has 0 aliphatic heterocycles. The summed E-state index contributed by atoms with van der Waals surface area (Å²) in [6.45, 7) is 5.25. The normalized spacial score (nSPS) is 12.2. The lowest BCUT2D eigenvalue weighted by atomic mass is 10.0. The Balaban J connectivity index is 3.29. The average molecular weight is 471 g/mol. The second kappa shape index (κ2) is 27.6. The van der Waals surface area contributed by atoms with Gasteiger partial charge in [0.2, 0.25) is 0 Å². The fraction of sp³-hybridized carbons (Fsp3) is 0.966. The number of ether oxygens (including phenoxy) is 2. The SMILES string of the molecule is CCCCCCCCCCCCCCCCCCCOCC(CO)OC(=O)CCCCCC. The van der Waals surface area contributed by atoms with E-state index in [1.807, 2.05) is 0 Å². The Morgan fingerprint density at radius 2 is 1.00 bits per heavy atom. The van der Waals surface area contributed by atoms with Gasteiger partial charge in [0.25, 0.3) is 0 Å². The van der Waals surface area contributed by atoms with Gasteiger partial charge in [-0.25, -0.2) is 0 Å². The van der Waals surface area contributed by atoms with E-state index >= 15 is 0 Å². The van der Waals surface area contributed by atoms with Gasteiger partial charge in [-0.3, -0.25) is 4.79 Å². The maximum atomic E-state index is 11.8. The first-order chi connectivity index (χ1) is 16.2. The van der Waals surface area contributed by atoms with Gasteiger partial charge in [-0.2, -0.15) is 0 Å². The zero-order valence-electron chi connectivity index (χ0n) is 22.4. The highest BCUT2D eigenvalue weighted by atomic mass is 16.6. The molecule has 0 aromatic heterocycles. The van der Waals surface area contributed by atoms with Crippen LogP contribution in [0, 0.1) is 0 Å². The minimum atomic E-state index is -0.519. The van der Waals surface area contributed by atoms with E-state index in [0.717, 1.165) is 32.1 Å². The summed E-state index contributed by atoms with van der Waals surface area (Å²) in [5, 5.41) is 9.38. The van der Waals surface area contributed by atoms with Gasteiger partial charge in [-0.05, 0) is 12.8 Å². The molecule has 0 aliphatic carbocycles. The molecular formula is C29H58O4. The third-order valence-corrected chi connectivity index (χ3v) is 6.43. The lowest BCUT2D eigenvalue weighted by Crippen LogP contribution is -2.27. The number of hydrogen-bond donors (Lipinski definition) is 1. The molecule has 198 valence electrons. The van der Waals surface area contributed by atoms with Gasteiger partial charge < -0.3 is 14.6 Å². The molecule has 0 radical (unpaired) electrons. The first-order valence-electron chi connectivity index (χ1n) is 14.6. The Labute approximate surface area is 206 Å². The molecule has 1 N–H and O–H groups in total. The molecule has 0 amide bonds. The zero-order valence-corrected chi connectivity index (χ0v) is 22.4. The summed E-state index contributed by atoms with van der Waals surface area (Å²) >= 11 is 0. The van der Waals surface area contributed by atoms with Crippen LogP contribution in [0.25, 0.3) is 0 Å². The fourth-order valence-electron chi connectivity index (χ4n) is 4.21. The van der Waals surface area contributed by atoms with E-state index in [-0.39, 0.29) is 12.6 Å². The van der Waals surface area contributed by atoms with E-state index in [0.29, 0.717) is 19.6 Å². The third kappa shape index (κ3) is 25.8. The Kier molecular flexibility index (Phi) is 27.1. The van der Waals surface area contributed by atoms with Crippen LogP contribution in [-0.2, 0) is 14.3 Å². The molecule has 0 aromatic carbocycles. The second-order valence-corrected chi connectivity index (χ2v) is 9.84.